The molecular formula is C20H23F2N5O. The van der Waals surface area contributed by atoms with E-state index in [1.54, 1.807) is 6.20 Å². The molecule has 4 heterocycles. The van der Waals surface area contributed by atoms with Gasteiger partial charge in [0.25, 0.3) is 0 Å². The van der Waals surface area contributed by atoms with Crippen LogP contribution >= 0.6 is 0 Å². The summed E-state index contributed by atoms with van der Waals surface area (Å²) in [5, 5.41) is 6.15. The number of aromatic nitrogens is 3. The molecule has 1 fully saturated rings. The number of nitrogens with one attached hydrogen (secondary N) is 2. The predicted octanol–water partition coefficient (Wildman–Crippen LogP) is 3.43. The molecule has 28 heavy (non-hydrogen) atoms. The van der Waals surface area contributed by atoms with E-state index in [4.69, 9.17) is 4.74 Å². The first-order valence-corrected chi connectivity index (χ1v) is 9.42. The highest BCUT2D eigenvalue weighted by Crippen LogP contribution is 2.25. The Kier molecular flexibility index (Phi) is 5.13. The van der Waals surface area contributed by atoms with Crippen molar-refractivity contribution in [1.29, 1.82) is 0 Å². The number of nitrogens with zero attached hydrogens (tertiary/aromatic N) is 3. The Hall–Kier alpha value is -2.74. The number of hydrogen-bond donors (Lipinski definition) is 2. The number of fused-ring (bicyclic) bond motifs is 1. The molecule has 148 valence electrons. The molecule has 1 aliphatic heterocycles. The fourth-order valence-electron chi connectivity index (χ4n) is 3.36. The first-order chi connectivity index (χ1) is 13.5. The minimum atomic E-state index is -0.995. The largest absolute Gasteiger partial charge is 0.491 e. The third-order valence-corrected chi connectivity index (χ3v) is 4.64. The zero-order valence-electron chi connectivity index (χ0n) is 15.8. The highest BCUT2D eigenvalue weighted by Gasteiger charge is 2.25. The summed E-state index contributed by atoms with van der Waals surface area (Å²) < 4.78 is 35.8. The van der Waals surface area contributed by atoms with Crippen molar-refractivity contribution in [3.63, 3.8) is 0 Å². The lowest BCUT2D eigenvalue weighted by Crippen LogP contribution is -2.46. The molecule has 3 aromatic heterocycles. The highest BCUT2D eigenvalue weighted by atomic mass is 19.1. The number of rotatable bonds is 5. The molecule has 0 radical (unpaired) electrons. The third kappa shape index (κ3) is 3.91. The highest BCUT2D eigenvalue weighted by molar-refractivity contribution is 5.63. The van der Waals surface area contributed by atoms with Crippen LogP contribution in [-0.4, -0.2) is 45.8 Å². The average molecular weight is 387 g/mol. The van der Waals surface area contributed by atoms with Crippen LogP contribution in [0.4, 0.5) is 14.6 Å². The molecule has 0 aliphatic carbocycles. The van der Waals surface area contributed by atoms with E-state index in [1.165, 1.54) is 12.1 Å². The number of imidazole rings is 1. The van der Waals surface area contributed by atoms with Crippen molar-refractivity contribution in [3.05, 3.63) is 42.5 Å². The molecule has 0 bridgehead atoms. The molecule has 0 aromatic carbocycles. The second kappa shape index (κ2) is 7.71. The molecule has 2 unspecified atom stereocenters. The second-order valence-electron chi connectivity index (χ2n) is 7.22. The Morgan fingerprint density at radius 1 is 1.32 bits per heavy atom. The molecule has 6 nitrogen and oxygen atoms in total. The number of alkyl halides is 1. The fraction of sp³-hybridized carbons (Fsp3) is 0.400. The van der Waals surface area contributed by atoms with E-state index in [0.29, 0.717) is 48.1 Å². The molecule has 0 spiro atoms. The molecule has 1 aliphatic rings. The van der Waals surface area contributed by atoms with Gasteiger partial charge in [-0.05, 0) is 32.9 Å². The van der Waals surface area contributed by atoms with Gasteiger partial charge >= 0.3 is 0 Å². The van der Waals surface area contributed by atoms with Crippen LogP contribution in [0.1, 0.15) is 20.3 Å². The summed E-state index contributed by atoms with van der Waals surface area (Å²) in [5.41, 5.74) is 1.74. The first kappa shape index (κ1) is 18.6. The van der Waals surface area contributed by atoms with E-state index < -0.39 is 18.0 Å². The number of ether oxygens (including phenoxy) is 1. The van der Waals surface area contributed by atoms with Crippen LogP contribution in [0.3, 0.4) is 0 Å². The van der Waals surface area contributed by atoms with Gasteiger partial charge < -0.3 is 15.4 Å². The van der Waals surface area contributed by atoms with E-state index in [1.807, 2.05) is 36.6 Å². The number of hydrogen-bond acceptors (Lipinski definition) is 5. The monoisotopic (exact) mass is 387 g/mol. The van der Waals surface area contributed by atoms with Gasteiger partial charge in [0.1, 0.15) is 29.2 Å². The van der Waals surface area contributed by atoms with Gasteiger partial charge in [-0.1, -0.05) is 0 Å². The molecule has 0 saturated carbocycles. The maximum absolute atomic E-state index is 14.2. The quantitative estimate of drug-likeness (QED) is 0.702. The van der Waals surface area contributed by atoms with Gasteiger partial charge in [-0.3, -0.25) is 4.40 Å². The van der Waals surface area contributed by atoms with Crippen molar-refractivity contribution < 1.29 is 13.5 Å². The van der Waals surface area contributed by atoms with Gasteiger partial charge in [0.05, 0.1) is 29.7 Å². The molecular weight excluding hydrogens is 364 g/mol. The van der Waals surface area contributed by atoms with Gasteiger partial charge in [-0.25, -0.2) is 18.7 Å². The van der Waals surface area contributed by atoms with E-state index in [-0.39, 0.29) is 6.10 Å². The minimum absolute atomic E-state index is 0.0593. The number of anilines is 1. The van der Waals surface area contributed by atoms with Crippen molar-refractivity contribution in [2.75, 3.05) is 18.4 Å². The molecule has 3 aromatic rings. The Morgan fingerprint density at radius 2 is 2.18 bits per heavy atom. The summed E-state index contributed by atoms with van der Waals surface area (Å²) in [6.45, 7) is 5.03. The van der Waals surface area contributed by atoms with E-state index in [2.05, 4.69) is 20.6 Å². The van der Waals surface area contributed by atoms with Gasteiger partial charge in [0.15, 0.2) is 0 Å². The molecule has 8 heteroatoms. The number of piperidine rings is 1. The second-order valence-corrected chi connectivity index (χ2v) is 7.22. The van der Waals surface area contributed by atoms with E-state index in [0.717, 1.165) is 0 Å². The van der Waals surface area contributed by atoms with Crippen molar-refractivity contribution in [1.82, 2.24) is 19.7 Å². The topological polar surface area (TPSA) is 63.5 Å². The van der Waals surface area contributed by atoms with Crippen molar-refractivity contribution in [2.45, 2.75) is 38.6 Å². The smallest absolute Gasteiger partial charge is 0.140 e. The SMILES string of the molecule is CC(C)Oc1ccn2c(-c3cc(F)cc(NC4CNCCC4F)n3)cnc2c1. The Bertz CT molecular complexity index is 974. The Balaban J connectivity index is 1.64. The fourth-order valence-corrected chi connectivity index (χ4v) is 3.36. The summed E-state index contributed by atoms with van der Waals surface area (Å²) in [6, 6.07) is 5.84. The molecule has 0 amide bonds. The van der Waals surface area contributed by atoms with Crippen LogP contribution in [-0.2, 0) is 0 Å². The van der Waals surface area contributed by atoms with Gasteiger partial charge in [-0.15, -0.1) is 0 Å². The maximum Gasteiger partial charge on any atom is 0.140 e. The molecule has 2 N–H and O–H groups in total. The van der Waals surface area contributed by atoms with Crippen molar-refractivity contribution >= 4 is 11.5 Å². The van der Waals surface area contributed by atoms with Crippen LogP contribution in [0.5, 0.6) is 5.75 Å². The summed E-state index contributed by atoms with van der Waals surface area (Å²) in [4.78, 5) is 8.87. The lowest BCUT2D eigenvalue weighted by molar-refractivity contribution is 0.241. The van der Waals surface area contributed by atoms with Crippen molar-refractivity contribution in [2.24, 2.45) is 0 Å². The zero-order chi connectivity index (χ0) is 19.7. The Labute approximate surface area is 162 Å². The van der Waals surface area contributed by atoms with Gasteiger partial charge in [-0.2, -0.15) is 0 Å². The molecule has 1 saturated heterocycles. The van der Waals surface area contributed by atoms with E-state index >= 15 is 0 Å². The van der Waals surface area contributed by atoms with Crippen molar-refractivity contribution in [3.8, 4) is 17.1 Å². The molecule has 2 atom stereocenters. The van der Waals surface area contributed by atoms with Crippen LogP contribution in [0.15, 0.2) is 36.7 Å². The summed E-state index contributed by atoms with van der Waals surface area (Å²) in [6.07, 6.45) is 2.94. The van der Waals surface area contributed by atoms with Crippen LogP contribution < -0.4 is 15.4 Å². The summed E-state index contributed by atoms with van der Waals surface area (Å²) in [5.74, 6) is 0.579. The standard InChI is InChI=1S/C20H23F2N5O/c1-12(2)28-14-4-6-27-18(11-24-20(27)9-14)16-7-13(21)8-19(25-16)26-17-10-23-5-3-15(17)22/h4,6-9,11-12,15,17,23H,3,5,10H2,1-2H3,(H,25,26). The molecule has 4 rings (SSSR count). The van der Waals surface area contributed by atoms with Gasteiger partial charge in [0, 0.05) is 30.9 Å². The normalized spacial score (nSPS) is 19.9. The maximum atomic E-state index is 14.2. The summed E-state index contributed by atoms with van der Waals surface area (Å²) >= 11 is 0. The van der Waals surface area contributed by atoms with E-state index in [9.17, 15) is 8.78 Å². The van der Waals surface area contributed by atoms with Gasteiger partial charge in [0.2, 0.25) is 0 Å². The number of pyridine rings is 2. The van der Waals surface area contributed by atoms with Crippen LogP contribution in [0.2, 0.25) is 0 Å². The predicted molar refractivity (Wildman–Crippen MR) is 104 cm³/mol. The zero-order valence-corrected chi connectivity index (χ0v) is 15.8. The average Bonchev–Trinajstić information content (AvgIpc) is 3.06. The number of halogens is 2. The Morgan fingerprint density at radius 3 is 2.96 bits per heavy atom. The van der Waals surface area contributed by atoms with Crippen LogP contribution in [0, 0.1) is 5.82 Å². The first-order valence-electron chi connectivity index (χ1n) is 9.42. The lowest BCUT2D eigenvalue weighted by Gasteiger charge is -2.28. The lowest BCUT2D eigenvalue weighted by atomic mass is 10.1. The minimum Gasteiger partial charge on any atom is -0.491 e. The summed E-state index contributed by atoms with van der Waals surface area (Å²) in [7, 11) is 0. The van der Waals surface area contributed by atoms with Crippen LogP contribution in [0.25, 0.3) is 17.0 Å². The third-order valence-electron chi connectivity index (χ3n) is 4.64.